The van der Waals surface area contributed by atoms with E-state index in [0.717, 1.165) is 5.56 Å². The fourth-order valence-electron chi connectivity index (χ4n) is 3.25. The Labute approximate surface area is 170 Å². The molecule has 2 amide bonds. The van der Waals surface area contributed by atoms with Crippen LogP contribution in [-0.4, -0.2) is 55.8 Å². The van der Waals surface area contributed by atoms with Gasteiger partial charge in [0.25, 0.3) is 0 Å². The molecule has 1 aromatic heterocycles. The van der Waals surface area contributed by atoms with Crippen LogP contribution in [0.25, 0.3) is 0 Å². The number of furan rings is 1. The van der Waals surface area contributed by atoms with Crippen molar-refractivity contribution in [2.24, 2.45) is 0 Å². The van der Waals surface area contributed by atoms with Crippen molar-refractivity contribution in [1.29, 1.82) is 0 Å². The van der Waals surface area contributed by atoms with E-state index in [2.05, 4.69) is 10.6 Å². The van der Waals surface area contributed by atoms with Crippen molar-refractivity contribution < 1.29 is 22.4 Å². The van der Waals surface area contributed by atoms with Gasteiger partial charge in [0.15, 0.2) is 9.84 Å². The summed E-state index contributed by atoms with van der Waals surface area (Å²) in [4.78, 5) is 27.2. The van der Waals surface area contributed by atoms with Crippen LogP contribution < -0.4 is 10.6 Å². The number of carbonyl (C=O) groups excluding carboxylic acids is 2. The van der Waals surface area contributed by atoms with E-state index in [9.17, 15) is 18.0 Å². The Morgan fingerprint density at radius 2 is 1.76 bits per heavy atom. The monoisotopic (exact) mass is 419 g/mol. The molecule has 0 aliphatic carbocycles. The van der Waals surface area contributed by atoms with Gasteiger partial charge in [-0.25, -0.2) is 8.42 Å². The molecule has 1 aliphatic heterocycles. The van der Waals surface area contributed by atoms with Gasteiger partial charge < -0.3 is 15.1 Å². The number of nitrogens with zero attached hydrogens (tertiary/aromatic N) is 1. The van der Waals surface area contributed by atoms with E-state index in [1.807, 2.05) is 35.2 Å². The second-order valence-electron chi connectivity index (χ2n) is 7.03. The lowest BCUT2D eigenvalue weighted by Crippen LogP contribution is -2.51. The highest BCUT2D eigenvalue weighted by atomic mass is 32.2. The summed E-state index contributed by atoms with van der Waals surface area (Å²) in [7, 11) is -3.07. The lowest BCUT2D eigenvalue weighted by atomic mass is 10.0. The summed E-state index contributed by atoms with van der Waals surface area (Å²) in [5.41, 5.74) is 0.757. The van der Waals surface area contributed by atoms with Gasteiger partial charge in [-0.3, -0.25) is 14.5 Å². The lowest BCUT2D eigenvalue weighted by molar-refractivity contribution is -0.132. The van der Waals surface area contributed by atoms with Gasteiger partial charge in [-0.15, -0.1) is 0 Å². The Balaban J connectivity index is 1.67. The quantitative estimate of drug-likeness (QED) is 0.689. The molecule has 9 heteroatoms. The highest BCUT2D eigenvalue weighted by Gasteiger charge is 2.33. The molecule has 3 rings (SSSR count). The van der Waals surface area contributed by atoms with Crippen LogP contribution >= 0.6 is 0 Å². The van der Waals surface area contributed by atoms with Crippen molar-refractivity contribution >= 4 is 21.7 Å². The van der Waals surface area contributed by atoms with Crippen LogP contribution in [0.4, 0.5) is 0 Å². The normalized spacial score (nSPS) is 18.5. The van der Waals surface area contributed by atoms with Gasteiger partial charge in [0.1, 0.15) is 17.8 Å². The number of hydrogen-bond acceptors (Lipinski definition) is 6. The highest BCUT2D eigenvalue weighted by Crippen LogP contribution is 2.23. The molecule has 0 bridgehead atoms. The van der Waals surface area contributed by atoms with Gasteiger partial charge >= 0.3 is 0 Å². The number of carbonyl (C=O) groups is 2. The molecule has 2 unspecified atom stereocenters. The van der Waals surface area contributed by atoms with Gasteiger partial charge in [0.2, 0.25) is 11.8 Å². The van der Waals surface area contributed by atoms with Gasteiger partial charge in [0.05, 0.1) is 24.3 Å². The molecule has 1 aliphatic rings. The summed E-state index contributed by atoms with van der Waals surface area (Å²) in [5, 5.41) is 5.47. The van der Waals surface area contributed by atoms with E-state index in [1.165, 1.54) is 6.26 Å². The summed E-state index contributed by atoms with van der Waals surface area (Å²) in [6, 6.07) is 11.2. The average Bonchev–Trinajstić information content (AvgIpc) is 3.22. The van der Waals surface area contributed by atoms with Crippen LogP contribution in [0.5, 0.6) is 0 Å². The van der Waals surface area contributed by atoms with Crippen molar-refractivity contribution in [3.8, 4) is 0 Å². The van der Waals surface area contributed by atoms with Crippen LogP contribution in [0.1, 0.15) is 24.3 Å². The van der Waals surface area contributed by atoms with Gasteiger partial charge in [0, 0.05) is 13.1 Å². The van der Waals surface area contributed by atoms with E-state index in [0.29, 0.717) is 5.76 Å². The molecule has 0 radical (unpaired) electrons. The fraction of sp³-hybridized carbons (Fsp3) is 0.400. The third kappa shape index (κ3) is 5.68. The zero-order valence-corrected chi connectivity index (χ0v) is 17.0. The first kappa shape index (κ1) is 21.1. The molecule has 2 aromatic rings. The minimum atomic E-state index is -3.07. The maximum absolute atomic E-state index is 13.1. The molecule has 2 atom stereocenters. The molecular weight excluding hydrogens is 394 g/mol. The summed E-state index contributed by atoms with van der Waals surface area (Å²) in [6.45, 7) is 2.39. The molecule has 0 spiro atoms. The number of hydrogen-bond donors (Lipinski definition) is 2. The van der Waals surface area contributed by atoms with Crippen LogP contribution in [0.15, 0.2) is 53.1 Å². The average molecular weight is 420 g/mol. The fourth-order valence-corrected chi connectivity index (χ4v) is 4.48. The molecular formula is C20H25N3O5S. The Bertz CT molecular complexity index is 914. The zero-order chi connectivity index (χ0) is 20.9. The Kier molecular flexibility index (Phi) is 6.71. The van der Waals surface area contributed by atoms with Crippen molar-refractivity contribution in [2.75, 3.05) is 24.6 Å². The topological polar surface area (TPSA) is 109 Å². The first-order chi connectivity index (χ1) is 13.9. The van der Waals surface area contributed by atoms with E-state index in [4.69, 9.17) is 4.42 Å². The number of rotatable bonds is 7. The van der Waals surface area contributed by atoms with Crippen LogP contribution in [0.2, 0.25) is 0 Å². The Morgan fingerprint density at radius 1 is 1.07 bits per heavy atom. The van der Waals surface area contributed by atoms with Crippen molar-refractivity contribution in [2.45, 2.75) is 25.6 Å². The maximum atomic E-state index is 13.1. The lowest BCUT2D eigenvalue weighted by Gasteiger charge is -2.34. The molecule has 1 saturated heterocycles. The largest absolute Gasteiger partial charge is 0.467 e. The smallest absolute Gasteiger partial charge is 0.242 e. The number of sulfone groups is 1. The SMILES string of the molecule is CC(NC(=O)C(c1ccccc1)N1CCS(=O)(=O)CC1)C(=O)NCc1ccco1. The molecule has 1 aromatic carbocycles. The Hall–Kier alpha value is -2.65. The van der Waals surface area contributed by atoms with Crippen molar-refractivity contribution in [1.82, 2.24) is 15.5 Å². The first-order valence-electron chi connectivity index (χ1n) is 9.45. The van der Waals surface area contributed by atoms with Gasteiger partial charge in [-0.05, 0) is 24.6 Å². The summed E-state index contributed by atoms with van der Waals surface area (Å²) >= 11 is 0. The second kappa shape index (κ2) is 9.23. The standard InChI is InChI=1S/C20H25N3O5S/c1-15(19(24)21-14-17-8-5-11-28-17)22-20(25)18(16-6-3-2-4-7-16)23-9-12-29(26,27)13-10-23/h2-8,11,15,18H,9-10,12-14H2,1H3,(H,21,24)(H,22,25). The van der Waals surface area contributed by atoms with E-state index in [1.54, 1.807) is 19.1 Å². The van der Waals surface area contributed by atoms with Crippen LogP contribution in [0.3, 0.4) is 0 Å². The van der Waals surface area contributed by atoms with E-state index < -0.39 is 21.9 Å². The molecule has 0 saturated carbocycles. The van der Waals surface area contributed by atoms with Crippen LogP contribution in [-0.2, 0) is 26.0 Å². The predicted molar refractivity (Wildman–Crippen MR) is 108 cm³/mol. The Morgan fingerprint density at radius 3 is 2.38 bits per heavy atom. The minimum absolute atomic E-state index is 0.0167. The third-order valence-electron chi connectivity index (χ3n) is 4.88. The number of amides is 2. The first-order valence-corrected chi connectivity index (χ1v) is 11.3. The van der Waals surface area contributed by atoms with E-state index in [-0.39, 0.29) is 43.0 Å². The summed E-state index contributed by atoms with van der Waals surface area (Å²) < 4.78 is 28.7. The molecule has 8 nitrogen and oxygen atoms in total. The number of benzene rings is 1. The van der Waals surface area contributed by atoms with Gasteiger partial charge in [-0.1, -0.05) is 30.3 Å². The van der Waals surface area contributed by atoms with Crippen LogP contribution in [0, 0.1) is 0 Å². The molecule has 2 N–H and O–H groups in total. The molecule has 156 valence electrons. The predicted octanol–water partition coefficient (Wildman–Crippen LogP) is 0.872. The summed E-state index contributed by atoms with van der Waals surface area (Å²) in [6.07, 6.45) is 1.52. The van der Waals surface area contributed by atoms with Crippen molar-refractivity contribution in [3.05, 3.63) is 60.1 Å². The zero-order valence-electron chi connectivity index (χ0n) is 16.2. The number of nitrogens with one attached hydrogen (secondary N) is 2. The highest BCUT2D eigenvalue weighted by molar-refractivity contribution is 7.91. The second-order valence-corrected chi connectivity index (χ2v) is 9.33. The van der Waals surface area contributed by atoms with Crippen molar-refractivity contribution in [3.63, 3.8) is 0 Å². The third-order valence-corrected chi connectivity index (χ3v) is 6.49. The van der Waals surface area contributed by atoms with Gasteiger partial charge in [-0.2, -0.15) is 0 Å². The molecule has 2 heterocycles. The summed E-state index contributed by atoms with van der Waals surface area (Å²) in [5.74, 6) is -0.0153. The van der Waals surface area contributed by atoms with E-state index >= 15 is 0 Å². The molecule has 1 fully saturated rings. The minimum Gasteiger partial charge on any atom is -0.467 e. The maximum Gasteiger partial charge on any atom is 0.242 e. The molecule has 29 heavy (non-hydrogen) atoms.